The Balaban J connectivity index is 1.93. The molecule has 25 heavy (non-hydrogen) atoms. The van der Waals surface area contributed by atoms with Crippen LogP contribution in [0.15, 0.2) is 36.4 Å². The lowest BCUT2D eigenvalue weighted by Gasteiger charge is -2.08. The fourth-order valence-corrected chi connectivity index (χ4v) is 1.89. The van der Waals surface area contributed by atoms with Crippen LogP contribution < -0.4 is 10.6 Å². The van der Waals surface area contributed by atoms with Crippen molar-refractivity contribution in [3.8, 4) is 0 Å². The topological polar surface area (TPSA) is 75.3 Å². The summed E-state index contributed by atoms with van der Waals surface area (Å²) in [7, 11) is 0. The summed E-state index contributed by atoms with van der Waals surface area (Å²) < 4.78 is 39.3. The van der Waals surface area contributed by atoms with E-state index >= 15 is 0 Å². The van der Waals surface area contributed by atoms with E-state index in [0.717, 1.165) is 11.6 Å². The molecule has 0 radical (unpaired) electrons. The molecule has 0 aliphatic carbocycles. The van der Waals surface area contributed by atoms with E-state index < -0.39 is 47.3 Å². The molecule has 2 aromatic rings. The number of benzene rings is 2. The number of carbonyl (C=O) groups excluding carboxylic acids is 3. The Bertz CT molecular complexity index is 836. The molecule has 8 heteroatoms. The quantitative estimate of drug-likeness (QED) is 0.494. The van der Waals surface area contributed by atoms with Gasteiger partial charge in [0.1, 0.15) is 0 Å². The monoisotopic (exact) mass is 350 g/mol. The molecule has 0 aliphatic rings. The minimum atomic E-state index is -1.73. The first-order chi connectivity index (χ1) is 11.8. The molecule has 2 aromatic carbocycles. The minimum Gasteiger partial charge on any atom is -0.340 e. The van der Waals surface area contributed by atoms with Gasteiger partial charge in [0, 0.05) is 5.56 Å². The van der Waals surface area contributed by atoms with Crippen LogP contribution in [0.25, 0.3) is 0 Å². The number of nitrogens with one attached hydrogen (secondary N) is 2. The Morgan fingerprint density at radius 3 is 2.20 bits per heavy atom. The smallest absolute Gasteiger partial charge is 0.292 e. The van der Waals surface area contributed by atoms with E-state index in [1.807, 2.05) is 12.2 Å². The Morgan fingerprint density at radius 1 is 0.920 bits per heavy atom. The predicted molar refractivity (Wildman–Crippen MR) is 83.5 cm³/mol. The zero-order chi connectivity index (χ0) is 18.6. The number of hydrogen-bond donors (Lipinski definition) is 2. The van der Waals surface area contributed by atoms with Crippen molar-refractivity contribution >= 4 is 23.3 Å². The lowest BCUT2D eigenvalue weighted by Crippen LogP contribution is -2.37. The number of Topliss-reactive ketones (excluding diaryl/α,β-unsaturated/α-hetero) is 1. The third-order valence-corrected chi connectivity index (χ3v) is 3.24. The van der Waals surface area contributed by atoms with Crippen molar-refractivity contribution in [2.45, 2.75) is 6.92 Å². The maximum Gasteiger partial charge on any atom is 0.292 e. The Labute approximate surface area is 140 Å². The molecule has 2 rings (SSSR count). The van der Waals surface area contributed by atoms with Crippen LogP contribution in [-0.2, 0) is 9.59 Å². The molecule has 0 unspecified atom stereocenters. The van der Waals surface area contributed by atoms with Crippen LogP contribution in [0.4, 0.5) is 18.9 Å². The van der Waals surface area contributed by atoms with Gasteiger partial charge in [0.05, 0.1) is 12.2 Å². The maximum atomic E-state index is 13.4. The summed E-state index contributed by atoms with van der Waals surface area (Å²) in [4.78, 5) is 35.2. The van der Waals surface area contributed by atoms with Crippen molar-refractivity contribution in [2.75, 3.05) is 11.9 Å². The first-order valence-electron chi connectivity index (χ1n) is 7.12. The average molecular weight is 350 g/mol. The Hall–Kier alpha value is -3.16. The van der Waals surface area contributed by atoms with Crippen molar-refractivity contribution in [3.63, 3.8) is 0 Å². The van der Waals surface area contributed by atoms with Crippen LogP contribution in [0, 0.1) is 24.4 Å². The van der Waals surface area contributed by atoms with Crippen LogP contribution in [0.2, 0.25) is 0 Å². The molecular formula is C17H13F3N2O3. The number of amides is 2. The molecule has 5 nitrogen and oxygen atoms in total. The lowest BCUT2D eigenvalue weighted by molar-refractivity contribution is -0.121. The van der Waals surface area contributed by atoms with Gasteiger partial charge in [0.15, 0.2) is 17.5 Å². The standard InChI is InChI=1S/C17H13F3N2O3/c1-9-2-4-10(5-3-9)16(24)17(25)21-8-13(23)22-12-7-6-11(18)14(19)15(12)20/h2-7H,8H2,1H3,(H,21,25)(H,22,23). The van der Waals surface area contributed by atoms with Crippen LogP contribution in [0.5, 0.6) is 0 Å². The van der Waals surface area contributed by atoms with Gasteiger partial charge in [-0.3, -0.25) is 14.4 Å². The van der Waals surface area contributed by atoms with Gasteiger partial charge in [-0.25, -0.2) is 13.2 Å². The Morgan fingerprint density at radius 2 is 1.56 bits per heavy atom. The molecule has 0 saturated carbocycles. The lowest BCUT2D eigenvalue weighted by atomic mass is 10.1. The second-order valence-electron chi connectivity index (χ2n) is 5.15. The summed E-state index contributed by atoms with van der Waals surface area (Å²) in [6.07, 6.45) is 0. The highest BCUT2D eigenvalue weighted by molar-refractivity contribution is 6.43. The fourth-order valence-electron chi connectivity index (χ4n) is 1.89. The van der Waals surface area contributed by atoms with E-state index in [0.29, 0.717) is 6.07 Å². The van der Waals surface area contributed by atoms with E-state index in [2.05, 4.69) is 5.32 Å². The zero-order valence-corrected chi connectivity index (χ0v) is 13.0. The van der Waals surface area contributed by atoms with E-state index in [1.54, 1.807) is 12.1 Å². The summed E-state index contributed by atoms with van der Waals surface area (Å²) >= 11 is 0. The molecule has 0 atom stereocenters. The number of rotatable bonds is 5. The van der Waals surface area contributed by atoms with E-state index in [1.165, 1.54) is 12.1 Å². The zero-order valence-electron chi connectivity index (χ0n) is 13.0. The SMILES string of the molecule is Cc1ccc(C(=O)C(=O)NCC(=O)Nc2ccc(F)c(F)c2F)cc1. The summed E-state index contributed by atoms with van der Waals surface area (Å²) in [5.41, 5.74) is 0.475. The molecule has 130 valence electrons. The third kappa shape index (κ3) is 4.43. The fraction of sp³-hybridized carbons (Fsp3) is 0.118. The van der Waals surface area contributed by atoms with Crippen LogP contribution in [-0.4, -0.2) is 24.1 Å². The number of halogens is 3. The summed E-state index contributed by atoms with van der Waals surface area (Å²) in [6.45, 7) is 1.17. The highest BCUT2D eigenvalue weighted by Crippen LogP contribution is 2.19. The number of anilines is 1. The van der Waals surface area contributed by atoms with Crippen molar-refractivity contribution < 1.29 is 27.6 Å². The number of ketones is 1. The van der Waals surface area contributed by atoms with Gasteiger partial charge in [-0.05, 0) is 19.1 Å². The molecular weight excluding hydrogens is 337 g/mol. The van der Waals surface area contributed by atoms with Crippen LogP contribution in [0.1, 0.15) is 15.9 Å². The first kappa shape index (κ1) is 18.2. The Kier molecular flexibility index (Phi) is 5.53. The van der Waals surface area contributed by atoms with Gasteiger partial charge >= 0.3 is 0 Å². The summed E-state index contributed by atoms with van der Waals surface area (Å²) in [5, 5.41) is 4.04. The maximum absolute atomic E-state index is 13.4. The normalized spacial score (nSPS) is 10.2. The largest absolute Gasteiger partial charge is 0.340 e. The molecule has 0 fully saturated rings. The van der Waals surface area contributed by atoms with Gasteiger partial charge in [-0.1, -0.05) is 29.8 Å². The van der Waals surface area contributed by atoms with Crippen molar-refractivity contribution in [2.24, 2.45) is 0 Å². The second kappa shape index (κ2) is 7.61. The molecule has 0 aliphatic heterocycles. The third-order valence-electron chi connectivity index (χ3n) is 3.24. The predicted octanol–water partition coefficient (Wildman–Crippen LogP) is 2.35. The molecule has 0 saturated heterocycles. The molecule has 0 spiro atoms. The number of carbonyl (C=O) groups is 3. The molecule has 0 bridgehead atoms. The van der Waals surface area contributed by atoms with Gasteiger partial charge in [-0.15, -0.1) is 0 Å². The van der Waals surface area contributed by atoms with Crippen molar-refractivity contribution in [1.29, 1.82) is 0 Å². The minimum absolute atomic E-state index is 0.148. The van der Waals surface area contributed by atoms with Gasteiger partial charge in [-0.2, -0.15) is 0 Å². The molecule has 2 N–H and O–H groups in total. The molecule has 0 aromatic heterocycles. The highest BCUT2D eigenvalue weighted by atomic mass is 19.2. The van der Waals surface area contributed by atoms with Crippen LogP contribution in [0.3, 0.4) is 0 Å². The molecule has 2 amide bonds. The number of aryl methyl sites for hydroxylation is 1. The number of hydrogen-bond acceptors (Lipinski definition) is 3. The van der Waals surface area contributed by atoms with E-state index in [4.69, 9.17) is 0 Å². The average Bonchev–Trinajstić information content (AvgIpc) is 2.60. The summed E-state index contributed by atoms with van der Waals surface area (Å²) in [5.74, 6) is -7.45. The first-order valence-corrected chi connectivity index (χ1v) is 7.12. The van der Waals surface area contributed by atoms with E-state index in [9.17, 15) is 27.6 Å². The second-order valence-corrected chi connectivity index (χ2v) is 5.15. The van der Waals surface area contributed by atoms with Gasteiger partial charge in [0.2, 0.25) is 11.7 Å². The van der Waals surface area contributed by atoms with Gasteiger partial charge < -0.3 is 10.6 Å². The van der Waals surface area contributed by atoms with Crippen molar-refractivity contribution in [3.05, 3.63) is 65.0 Å². The van der Waals surface area contributed by atoms with Crippen LogP contribution >= 0.6 is 0 Å². The van der Waals surface area contributed by atoms with Gasteiger partial charge in [0.25, 0.3) is 5.91 Å². The van der Waals surface area contributed by atoms with E-state index in [-0.39, 0.29) is 5.56 Å². The molecule has 0 heterocycles. The van der Waals surface area contributed by atoms with Crippen molar-refractivity contribution in [1.82, 2.24) is 5.32 Å². The highest BCUT2D eigenvalue weighted by Gasteiger charge is 2.18. The summed E-state index contributed by atoms with van der Waals surface area (Å²) in [6, 6.07) is 7.72.